The Kier molecular flexibility index (Phi) is 4.76. The van der Waals surface area contributed by atoms with Gasteiger partial charge in [0.15, 0.2) is 0 Å². The van der Waals surface area contributed by atoms with Crippen LogP contribution in [-0.4, -0.2) is 37.7 Å². The number of hydrogen-bond donors (Lipinski definition) is 1. The van der Waals surface area contributed by atoms with E-state index in [9.17, 15) is 4.79 Å². The molecule has 2 heterocycles. The molecule has 0 radical (unpaired) electrons. The number of carbonyl (C=O) groups is 1. The van der Waals surface area contributed by atoms with Gasteiger partial charge in [-0.2, -0.15) is 0 Å². The van der Waals surface area contributed by atoms with Crippen LogP contribution in [0.2, 0.25) is 0 Å². The standard InChI is InChI=1S/C18H23N3O2/c1-13-10-17(21-8-4-3-5-9-21)20-16-7-6-14(11-15(13)16)19-18(22)12-23-2/h6-7,10-11H,3-5,8-9,12H2,1-2H3,(H,19,22). The van der Waals surface area contributed by atoms with E-state index in [1.807, 2.05) is 18.2 Å². The third-order valence-electron chi connectivity index (χ3n) is 4.24. The molecule has 23 heavy (non-hydrogen) atoms. The van der Waals surface area contributed by atoms with Crippen molar-refractivity contribution >= 4 is 28.3 Å². The second kappa shape index (κ2) is 6.96. The van der Waals surface area contributed by atoms with Crippen molar-refractivity contribution in [3.63, 3.8) is 0 Å². The van der Waals surface area contributed by atoms with Crippen LogP contribution in [0.1, 0.15) is 24.8 Å². The highest BCUT2D eigenvalue weighted by molar-refractivity contribution is 5.95. The summed E-state index contributed by atoms with van der Waals surface area (Å²) in [5, 5.41) is 3.91. The summed E-state index contributed by atoms with van der Waals surface area (Å²) in [6, 6.07) is 7.99. The molecule has 0 unspecified atom stereocenters. The number of fused-ring (bicyclic) bond motifs is 1. The fourth-order valence-electron chi connectivity index (χ4n) is 3.07. The number of rotatable bonds is 4. The number of pyridine rings is 1. The number of amides is 1. The van der Waals surface area contributed by atoms with E-state index in [1.54, 1.807) is 0 Å². The van der Waals surface area contributed by atoms with Crippen LogP contribution < -0.4 is 10.2 Å². The first-order valence-electron chi connectivity index (χ1n) is 8.12. The Bertz CT molecular complexity index is 709. The fraction of sp³-hybridized carbons (Fsp3) is 0.444. The van der Waals surface area contributed by atoms with Crippen LogP contribution in [-0.2, 0) is 9.53 Å². The molecular formula is C18H23N3O2. The van der Waals surface area contributed by atoms with E-state index >= 15 is 0 Å². The largest absolute Gasteiger partial charge is 0.375 e. The molecule has 1 fully saturated rings. The normalized spacial score (nSPS) is 15.0. The zero-order chi connectivity index (χ0) is 16.2. The Hall–Kier alpha value is -2.14. The second-order valence-corrected chi connectivity index (χ2v) is 6.06. The van der Waals surface area contributed by atoms with E-state index in [0.29, 0.717) is 0 Å². The van der Waals surface area contributed by atoms with Gasteiger partial charge >= 0.3 is 0 Å². The van der Waals surface area contributed by atoms with Crippen molar-refractivity contribution in [1.29, 1.82) is 0 Å². The predicted octanol–water partition coefficient (Wildman–Crippen LogP) is 3.12. The van der Waals surface area contributed by atoms with Crippen molar-refractivity contribution in [2.24, 2.45) is 0 Å². The van der Waals surface area contributed by atoms with Crippen molar-refractivity contribution < 1.29 is 9.53 Å². The number of methoxy groups -OCH3 is 1. The molecule has 1 amide bonds. The Balaban J connectivity index is 1.88. The molecule has 1 N–H and O–H groups in total. The van der Waals surface area contributed by atoms with Gasteiger partial charge in [0.2, 0.25) is 5.91 Å². The summed E-state index contributed by atoms with van der Waals surface area (Å²) < 4.78 is 4.84. The Morgan fingerprint density at radius 3 is 2.78 bits per heavy atom. The molecule has 1 saturated heterocycles. The van der Waals surface area contributed by atoms with E-state index in [4.69, 9.17) is 9.72 Å². The number of nitrogens with one attached hydrogen (secondary N) is 1. The van der Waals surface area contributed by atoms with Gasteiger partial charge in [0.1, 0.15) is 12.4 Å². The van der Waals surface area contributed by atoms with Gasteiger partial charge in [0.05, 0.1) is 5.52 Å². The van der Waals surface area contributed by atoms with E-state index in [0.717, 1.165) is 35.5 Å². The minimum atomic E-state index is -0.151. The summed E-state index contributed by atoms with van der Waals surface area (Å²) in [5.41, 5.74) is 2.92. The number of aromatic nitrogens is 1. The lowest BCUT2D eigenvalue weighted by Gasteiger charge is -2.28. The molecule has 2 aromatic rings. The van der Waals surface area contributed by atoms with Crippen molar-refractivity contribution in [3.8, 4) is 0 Å². The first-order valence-corrected chi connectivity index (χ1v) is 8.12. The summed E-state index contributed by atoms with van der Waals surface area (Å²) in [5.74, 6) is 0.910. The quantitative estimate of drug-likeness (QED) is 0.942. The summed E-state index contributed by atoms with van der Waals surface area (Å²) in [6.45, 7) is 4.33. The van der Waals surface area contributed by atoms with Gasteiger partial charge in [-0.25, -0.2) is 4.98 Å². The maximum absolute atomic E-state index is 11.6. The van der Waals surface area contributed by atoms with Crippen molar-refractivity contribution in [2.45, 2.75) is 26.2 Å². The van der Waals surface area contributed by atoms with Gasteiger partial charge in [0, 0.05) is 31.3 Å². The van der Waals surface area contributed by atoms with Gasteiger partial charge in [-0.3, -0.25) is 4.79 Å². The fourth-order valence-corrected chi connectivity index (χ4v) is 3.07. The minimum absolute atomic E-state index is 0.0587. The average Bonchev–Trinajstić information content (AvgIpc) is 2.56. The van der Waals surface area contributed by atoms with Crippen LogP contribution in [0, 0.1) is 6.92 Å². The van der Waals surface area contributed by atoms with E-state index in [-0.39, 0.29) is 12.5 Å². The van der Waals surface area contributed by atoms with Crippen LogP contribution in [0.15, 0.2) is 24.3 Å². The highest BCUT2D eigenvalue weighted by Crippen LogP contribution is 2.26. The highest BCUT2D eigenvalue weighted by Gasteiger charge is 2.14. The molecule has 0 aliphatic carbocycles. The average molecular weight is 313 g/mol. The molecule has 122 valence electrons. The van der Waals surface area contributed by atoms with Gasteiger partial charge < -0.3 is 15.0 Å². The maximum Gasteiger partial charge on any atom is 0.250 e. The maximum atomic E-state index is 11.6. The van der Waals surface area contributed by atoms with Gasteiger partial charge in [-0.1, -0.05) is 0 Å². The van der Waals surface area contributed by atoms with Crippen LogP contribution in [0.3, 0.4) is 0 Å². The Morgan fingerprint density at radius 1 is 1.26 bits per heavy atom. The van der Waals surface area contributed by atoms with E-state index < -0.39 is 0 Å². The number of aryl methyl sites for hydroxylation is 1. The molecule has 0 bridgehead atoms. The zero-order valence-electron chi connectivity index (χ0n) is 13.8. The lowest BCUT2D eigenvalue weighted by Crippen LogP contribution is -2.30. The number of piperidine rings is 1. The Labute approximate surface area is 136 Å². The number of nitrogens with zero attached hydrogens (tertiary/aromatic N) is 2. The summed E-state index contributed by atoms with van der Waals surface area (Å²) in [4.78, 5) is 18.8. The first kappa shape index (κ1) is 15.7. The molecule has 5 heteroatoms. The third-order valence-corrected chi connectivity index (χ3v) is 4.24. The topological polar surface area (TPSA) is 54.5 Å². The smallest absolute Gasteiger partial charge is 0.250 e. The molecule has 1 aromatic carbocycles. The number of anilines is 2. The van der Waals surface area contributed by atoms with Crippen molar-refractivity contribution in [2.75, 3.05) is 37.0 Å². The lowest BCUT2D eigenvalue weighted by molar-refractivity contribution is -0.119. The second-order valence-electron chi connectivity index (χ2n) is 6.06. The summed E-state index contributed by atoms with van der Waals surface area (Å²) in [6.07, 6.45) is 3.79. The minimum Gasteiger partial charge on any atom is -0.375 e. The summed E-state index contributed by atoms with van der Waals surface area (Å²) >= 11 is 0. The molecule has 1 aliphatic rings. The molecule has 0 saturated carbocycles. The molecule has 1 aromatic heterocycles. The van der Waals surface area contributed by atoms with Gasteiger partial charge in [-0.05, 0) is 56.0 Å². The van der Waals surface area contributed by atoms with E-state index in [1.165, 1.54) is 31.9 Å². The number of hydrogen-bond acceptors (Lipinski definition) is 4. The van der Waals surface area contributed by atoms with Crippen LogP contribution in [0.5, 0.6) is 0 Å². The lowest BCUT2D eigenvalue weighted by atomic mass is 10.1. The predicted molar refractivity (Wildman–Crippen MR) is 93.0 cm³/mol. The van der Waals surface area contributed by atoms with Crippen LogP contribution >= 0.6 is 0 Å². The molecular weight excluding hydrogens is 290 g/mol. The molecule has 5 nitrogen and oxygen atoms in total. The number of ether oxygens (including phenoxy) is 1. The Morgan fingerprint density at radius 2 is 2.04 bits per heavy atom. The third kappa shape index (κ3) is 3.62. The van der Waals surface area contributed by atoms with Crippen LogP contribution in [0.4, 0.5) is 11.5 Å². The number of carbonyl (C=O) groups excluding carboxylic acids is 1. The van der Waals surface area contributed by atoms with Crippen LogP contribution in [0.25, 0.3) is 10.9 Å². The van der Waals surface area contributed by atoms with Gasteiger partial charge in [0.25, 0.3) is 0 Å². The highest BCUT2D eigenvalue weighted by atomic mass is 16.5. The molecule has 3 rings (SSSR count). The monoisotopic (exact) mass is 313 g/mol. The van der Waals surface area contributed by atoms with Crippen molar-refractivity contribution in [1.82, 2.24) is 4.98 Å². The van der Waals surface area contributed by atoms with E-state index in [2.05, 4.69) is 23.2 Å². The van der Waals surface area contributed by atoms with Crippen molar-refractivity contribution in [3.05, 3.63) is 29.8 Å². The molecule has 0 atom stereocenters. The molecule has 1 aliphatic heterocycles. The zero-order valence-corrected chi connectivity index (χ0v) is 13.8. The number of benzene rings is 1. The van der Waals surface area contributed by atoms with Gasteiger partial charge in [-0.15, -0.1) is 0 Å². The molecule has 0 spiro atoms. The first-order chi connectivity index (χ1) is 11.2. The SMILES string of the molecule is COCC(=O)Nc1ccc2nc(N3CCCCC3)cc(C)c2c1. The summed E-state index contributed by atoms with van der Waals surface area (Å²) in [7, 11) is 1.51.